The van der Waals surface area contributed by atoms with E-state index in [2.05, 4.69) is 72.8 Å². The Morgan fingerprint density at radius 3 is 0.912 bits per heavy atom. The molecule has 3 heteroatoms. The Hall–Kier alpha value is -4.24. The quantitative estimate of drug-likeness (QED) is 0.188. The highest BCUT2D eigenvalue weighted by molar-refractivity contribution is 6.53. The smallest absolute Gasteiger partial charge is 0.525 e. The molecule has 5 rings (SSSR count). The van der Waals surface area contributed by atoms with Gasteiger partial charge in [-0.15, -0.1) is 0 Å². The van der Waals surface area contributed by atoms with E-state index in [4.69, 9.17) is 9.31 Å². The van der Waals surface area contributed by atoms with E-state index in [9.17, 15) is 0 Å². The van der Waals surface area contributed by atoms with Crippen LogP contribution >= 0.6 is 0 Å². The molecule has 5 aromatic rings. The van der Waals surface area contributed by atoms with Gasteiger partial charge in [0, 0.05) is 0 Å². The van der Waals surface area contributed by atoms with Crippen molar-refractivity contribution in [1.29, 1.82) is 0 Å². The number of benzene rings is 5. The Morgan fingerprint density at radius 1 is 0.353 bits per heavy atom. The minimum atomic E-state index is -0.741. The summed E-state index contributed by atoms with van der Waals surface area (Å²) in [6.45, 7) is 0. The number of rotatable bonds is 8. The maximum atomic E-state index is 6.72. The van der Waals surface area contributed by atoms with Crippen molar-refractivity contribution in [2.75, 3.05) is 0 Å². The lowest BCUT2D eigenvalue weighted by atomic mass is 9.47. The van der Waals surface area contributed by atoms with Crippen molar-refractivity contribution in [1.82, 2.24) is 0 Å². The first kappa shape index (κ1) is 21.6. The number of hydrogen-bond donors (Lipinski definition) is 0. The fraction of sp³-hybridized carbons (Fsp3) is 0.0323. The summed E-state index contributed by atoms with van der Waals surface area (Å²) in [6.07, 6.45) is 0. The van der Waals surface area contributed by atoms with E-state index in [1.54, 1.807) is 0 Å². The van der Waals surface area contributed by atoms with E-state index < -0.39 is 12.4 Å². The Bertz CT molecular complexity index is 1140. The third kappa shape index (κ3) is 4.33. The van der Waals surface area contributed by atoms with Gasteiger partial charge >= 0.3 is 7.12 Å². The zero-order chi connectivity index (χ0) is 23.1. The third-order valence-corrected chi connectivity index (χ3v) is 6.01. The van der Waals surface area contributed by atoms with E-state index in [-0.39, 0.29) is 0 Å². The van der Waals surface area contributed by atoms with Crippen LogP contribution in [-0.2, 0) is 5.31 Å². The predicted molar refractivity (Wildman–Crippen MR) is 139 cm³/mol. The van der Waals surface area contributed by atoms with Gasteiger partial charge < -0.3 is 9.31 Å². The molecule has 0 amide bonds. The minimum absolute atomic E-state index is 0.690. The first-order valence-electron chi connectivity index (χ1n) is 11.5. The summed E-state index contributed by atoms with van der Waals surface area (Å²) in [5.41, 5.74) is 3.26. The Morgan fingerprint density at radius 2 is 0.618 bits per heavy atom. The van der Waals surface area contributed by atoms with Gasteiger partial charge in [-0.2, -0.15) is 0 Å². The average molecular weight is 440 g/mol. The normalized spacial score (nSPS) is 10.9. The van der Waals surface area contributed by atoms with Crippen LogP contribution in [-0.4, -0.2) is 7.12 Å². The SMILES string of the molecule is c1ccc(OB(Oc2ccccc2)C(c2ccccc2)(c2ccccc2)c2ccccc2)cc1. The summed E-state index contributed by atoms with van der Waals surface area (Å²) in [4.78, 5) is 0. The second kappa shape index (κ2) is 10.1. The lowest BCUT2D eigenvalue weighted by Gasteiger charge is -2.38. The second-order valence-corrected chi connectivity index (χ2v) is 8.10. The highest BCUT2D eigenvalue weighted by Gasteiger charge is 2.54. The van der Waals surface area contributed by atoms with E-state index >= 15 is 0 Å². The van der Waals surface area contributed by atoms with Crippen molar-refractivity contribution < 1.29 is 9.31 Å². The first-order chi connectivity index (χ1) is 16.9. The van der Waals surface area contributed by atoms with E-state index in [0.717, 1.165) is 28.2 Å². The van der Waals surface area contributed by atoms with Crippen molar-refractivity contribution in [3.63, 3.8) is 0 Å². The largest absolute Gasteiger partial charge is 0.615 e. The van der Waals surface area contributed by atoms with E-state index in [1.807, 2.05) is 78.9 Å². The fourth-order valence-electron chi connectivity index (χ4n) is 4.46. The molecule has 0 saturated heterocycles. The molecule has 0 radical (unpaired) electrons. The molecule has 164 valence electrons. The van der Waals surface area contributed by atoms with Crippen LogP contribution in [0.2, 0.25) is 0 Å². The topological polar surface area (TPSA) is 18.5 Å². The van der Waals surface area contributed by atoms with Crippen molar-refractivity contribution in [2.45, 2.75) is 5.31 Å². The molecule has 0 unspecified atom stereocenters. The summed E-state index contributed by atoms with van der Waals surface area (Å²) in [5.74, 6) is 1.49. The molecule has 34 heavy (non-hydrogen) atoms. The van der Waals surface area contributed by atoms with Gasteiger partial charge in [0.1, 0.15) is 16.8 Å². The highest BCUT2D eigenvalue weighted by atomic mass is 16.6. The van der Waals surface area contributed by atoms with Crippen molar-refractivity contribution >= 4 is 7.12 Å². The second-order valence-electron chi connectivity index (χ2n) is 8.10. The molecule has 2 nitrogen and oxygen atoms in total. The molecule has 5 aromatic carbocycles. The van der Waals surface area contributed by atoms with Crippen LogP contribution in [0.1, 0.15) is 16.7 Å². The number of para-hydroxylation sites is 2. The van der Waals surface area contributed by atoms with Crippen LogP contribution < -0.4 is 9.31 Å². The summed E-state index contributed by atoms with van der Waals surface area (Å²) >= 11 is 0. The van der Waals surface area contributed by atoms with Crippen LogP contribution in [0, 0.1) is 0 Å². The summed E-state index contributed by atoms with van der Waals surface area (Å²) < 4.78 is 13.4. The van der Waals surface area contributed by atoms with Crippen molar-refractivity contribution in [2.24, 2.45) is 0 Å². The first-order valence-corrected chi connectivity index (χ1v) is 11.5. The van der Waals surface area contributed by atoms with Gasteiger partial charge in [0.05, 0.1) is 0 Å². The summed E-state index contributed by atoms with van der Waals surface area (Å²) in [5, 5.41) is -0.741. The van der Waals surface area contributed by atoms with Gasteiger partial charge in [0.25, 0.3) is 0 Å². The van der Waals surface area contributed by atoms with Crippen LogP contribution in [0.25, 0.3) is 0 Å². The lowest BCUT2D eigenvalue weighted by molar-refractivity contribution is 0.392. The monoisotopic (exact) mass is 440 g/mol. The summed E-state index contributed by atoms with van der Waals surface area (Å²) in [6, 6.07) is 51.1. The molecule has 0 aliphatic rings. The minimum Gasteiger partial charge on any atom is -0.525 e. The molecule has 0 spiro atoms. The highest BCUT2D eigenvalue weighted by Crippen LogP contribution is 2.42. The van der Waals surface area contributed by atoms with Crippen LogP contribution in [0.15, 0.2) is 152 Å². The van der Waals surface area contributed by atoms with Gasteiger partial charge in [-0.25, -0.2) is 0 Å². The molecular formula is C31H25BO2. The van der Waals surface area contributed by atoms with Crippen LogP contribution in [0.3, 0.4) is 0 Å². The van der Waals surface area contributed by atoms with Gasteiger partial charge in [-0.1, -0.05) is 127 Å². The van der Waals surface area contributed by atoms with Crippen LogP contribution in [0.5, 0.6) is 11.5 Å². The summed E-state index contributed by atoms with van der Waals surface area (Å²) in [7, 11) is -0.690. The lowest BCUT2D eigenvalue weighted by Crippen LogP contribution is -2.53. The third-order valence-electron chi connectivity index (χ3n) is 6.01. The molecule has 0 N–H and O–H groups in total. The van der Waals surface area contributed by atoms with Crippen LogP contribution in [0.4, 0.5) is 0 Å². The molecule has 0 atom stereocenters. The zero-order valence-corrected chi connectivity index (χ0v) is 18.8. The van der Waals surface area contributed by atoms with Gasteiger partial charge in [0.2, 0.25) is 0 Å². The fourth-order valence-corrected chi connectivity index (χ4v) is 4.46. The molecule has 0 saturated carbocycles. The molecule has 0 fully saturated rings. The van der Waals surface area contributed by atoms with Crippen molar-refractivity contribution in [3.8, 4) is 11.5 Å². The molecule has 0 heterocycles. The average Bonchev–Trinajstić information content (AvgIpc) is 2.92. The Labute approximate surface area is 201 Å². The standard InChI is InChI=1S/C31H25BO2/c1-6-16-26(17-7-1)31(27-18-8-2-9-19-27,28-20-10-3-11-21-28)32(33-29-22-12-4-13-23-29)34-30-24-14-5-15-25-30/h1-25H. The van der Waals surface area contributed by atoms with Gasteiger partial charge in [-0.05, 0) is 41.0 Å². The molecular weight excluding hydrogens is 415 g/mol. The van der Waals surface area contributed by atoms with Crippen molar-refractivity contribution in [3.05, 3.63) is 168 Å². The maximum absolute atomic E-state index is 6.72. The van der Waals surface area contributed by atoms with Gasteiger partial charge in [0.15, 0.2) is 0 Å². The molecule has 0 aliphatic heterocycles. The molecule has 0 aliphatic carbocycles. The Balaban J connectivity index is 1.79. The van der Waals surface area contributed by atoms with Gasteiger partial charge in [-0.3, -0.25) is 0 Å². The molecule has 0 bridgehead atoms. The Kier molecular flexibility index (Phi) is 6.44. The molecule has 0 aromatic heterocycles. The zero-order valence-electron chi connectivity index (χ0n) is 18.8. The van der Waals surface area contributed by atoms with E-state index in [1.165, 1.54) is 0 Å². The van der Waals surface area contributed by atoms with E-state index in [0.29, 0.717) is 0 Å². The predicted octanol–water partition coefficient (Wildman–Crippen LogP) is 7.21. The number of hydrogen-bond acceptors (Lipinski definition) is 2. The maximum Gasteiger partial charge on any atom is 0.615 e.